The minimum atomic E-state index is 0.431. The number of rotatable bonds is 2. The van der Waals surface area contributed by atoms with Crippen molar-refractivity contribution in [3.05, 3.63) is 23.1 Å². The normalized spacial score (nSPS) is 15.9. The van der Waals surface area contributed by atoms with E-state index in [2.05, 4.69) is 48.5 Å². The average Bonchev–Trinajstić information content (AvgIpc) is 2.90. The first kappa shape index (κ1) is 10.7. The van der Waals surface area contributed by atoms with E-state index in [9.17, 15) is 0 Å². The molecular weight excluding hydrogens is 282 g/mol. The fourth-order valence-corrected chi connectivity index (χ4v) is 2.68. The molecule has 2 aromatic rings. The van der Waals surface area contributed by atoms with Crippen molar-refractivity contribution < 1.29 is 0 Å². The summed E-state index contributed by atoms with van der Waals surface area (Å²) in [5.74, 6) is 0.851. The highest BCUT2D eigenvalue weighted by molar-refractivity contribution is 9.10. The Kier molecular flexibility index (Phi) is 2.58. The van der Waals surface area contributed by atoms with Crippen LogP contribution in [0.25, 0.3) is 11.0 Å². The molecule has 3 rings (SSSR count). The molecule has 17 heavy (non-hydrogen) atoms. The van der Waals surface area contributed by atoms with Gasteiger partial charge in [-0.15, -0.1) is 0 Å². The van der Waals surface area contributed by atoms with E-state index in [0.29, 0.717) is 6.04 Å². The first-order valence-corrected chi connectivity index (χ1v) is 6.30. The second-order valence-corrected chi connectivity index (χ2v) is 4.87. The van der Waals surface area contributed by atoms with Crippen molar-refractivity contribution in [2.45, 2.75) is 18.9 Å². The van der Waals surface area contributed by atoms with Crippen LogP contribution in [-0.4, -0.2) is 25.8 Å². The predicted molar refractivity (Wildman–Crippen MR) is 69.8 cm³/mol. The number of fused-ring (bicyclic) bond motifs is 1. The molecule has 0 amide bonds. The Hall–Kier alpha value is -1.43. The molecule has 2 heterocycles. The molecule has 5 nitrogen and oxygen atoms in total. The fraction of sp³-hybridized carbons (Fsp3) is 0.364. The van der Waals surface area contributed by atoms with Crippen LogP contribution in [0, 0.1) is 0 Å². The summed E-state index contributed by atoms with van der Waals surface area (Å²) in [6.45, 7) is 0. The minimum absolute atomic E-state index is 0.431. The maximum atomic E-state index is 4.31. The monoisotopic (exact) mass is 293 g/mol. The number of aryl methyl sites for hydroxylation is 1. The zero-order chi connectivity index (χ0) is 11.8. The molecule has 0 fully saturated rings. The van der Waals surface area contributed by atoms with Crippen LogP contribution in [0.4, 0.5) is 5.82 Å². The van der Waals surface area contributed by atoms with Gasteiger partial charge in [0, 0.05) is 13.1 Å². The lowest BCUT2D eigenvalue weighted by Gasteiger charge is -2.12. The lowest BCUT2D eigenvalue weighted by molar-refractivity contribution is 0.775. The first-order valence-electron chi connectivity index (χ1n) is 5.50. The number of nitrogens with one attached hydrogen (secondary N) is 1. The van der Waals surface area contributed by atoms with Gasteiger partial charge in [-0.3, -0.25) is 0 Å². The smallest absolute Gasteiger partial charge is 0.164 e. The number of halogens is 1. The van der Waals surface area contributed by atoms with E-state index in [1.807, 2.05) is 7.05 Å². The van der Waals surface area contributed by atoms with Crippen molar-refractivity contribution in [2.75, 3.05) is 5.32 Å². The Morgan fingerprint density at radius 2 is 2.12 bits per heavy atom. The van der Waals surface area contributed by atoms with Crippen molar-refractivity contribution in [1.29, 1.82) is 0 Å². The van der Waals surface area contributed by atoms with Gasteiger partial charge < -0.3 is 5.32 Å². The highest BCUT2D eigenvalue weighted by Crippen LogP contribution is 2.28. The highest BCUT2D eigenvalue weighted by atomic mass is 79.9. The highest BCUT2D eigenvalue weighted by Gasteiger charge is 2.16. The van der Waals surface area contributed by atoms with Gasteiger partial charge in [0.15, 0.2) is 5.65 Å². The third-order valence-corrected chi connectivity index (χ3v) is 3.48. The van der Waals surface area contributed by atoms with Gasteiger partial charge in [0.1, 0.15) is 16.7 Å². The zero-order valence-electron chi connectivity index (χ0n) is 9.39. The van der Waals surface area contributed by atoms with Gasteiger partial charge in [0.2, 0.25) is 0 Å². The molecule has 0 saturated heterocycles. The summed E-state index contributed by atoms with van der Waals surface area (Å²) < 4.78 is 2.53. The summed E-state index contributed by atoms with van der Waals surface area (Å²) >= 11 is 3.45. The molecule has 1 aliphatic rings. The van der Waals surface area contributed by atoms with Crippen molar-refractivity contribution in [1.82, 2.24) is 19.7 Å². The molecule has 0 spiro atoms. The quantitative estimate of drug-likeness (QED) is 0.863. The first-order chi connectivity index (χ1) is 8.25. The molecule has 1 aliphatic carbocycles. The Morgan fingerprint density at radius 3 is 2.88 bits per heavy atom. The predicted octanol–water partition coefficient (Wildman–Crippen LogP) is 2.26. The second kappa shape index (κ2) is 4.10. The van der Waals surface area contributed by atoms with Gasteiger partial charge in [-0.1, -0.05) is 12.2 Å². The molecule has 2 aromatic heterocycles. The van der Waals surface area contributed by atoms with Crippen molar-refractivity contribution in [2.24, 2.45) is 7.05 Å². The van der Waals surface area contributed by atoms with Crippen LogP contribution in [0.3, 0.4) is 0 Å². The topological polar surface area (TPSA) is 55.6 Å². The third kappa shape index (κ3) is 1.82. The summed E-state index contributed by atoms with van der Waals surface area (Å²) in [4.78, 5) is 8.55. The van der Waals surface area contributed by atoms with Crippen LogP contribution in [0.5, 0.6) is 0 Å². The van der Waals surface area contributed by atoms with E-state index < -0.39 is 0 Å². The van der Waals surface area contributed by atoms with Crippen LogP contribution >= 0.6 is 15.9 Å². The Morgan fingerprint density at radius 1 is 1.35 bits per heavy atom. The SMILES string of the molecule is Cn1nc(Br)c2c(NC3CC=CC3)ncnc21. The summed E-state index contributed by atoms with van der Waals surface area (Å²) in [6, 6.07) is 0.431. The number of hydrogen-bond donors (Lipinski definition) is 1. The third-order valence-electron chi connectivity index (χ3n) is 2.93. The van der Waals surface area contributed by atoms with E-state index in [0.717, 1.165) is 34.3 Å². The minimum Gasteiger partial charge on any atom is -0.366 e. The molecule has 0 radical (unpaired) electrons. The zero-order valence-corrected chi connectivity index (χ0v) is 11.0. The molecule has 0 aliphatic heterocycles. The molecule has 0 aromatic carbocycles. The number of anilines is 1. The van der Waals surface area contributed by atoms with Gasteiger partial charge in [-0.25, -0.2) is 14.6 Å². The van der Waals surface area contributed by atoms with E-state index >= 15 is 0 Å². The molecule has 0 unspecified atom stereocenters. The van der Waals surface area contributed by atoms with Crippen molar-refractivity contribution in [3.8, 4) is 0 Å². The van der Waals surface area contributed by atoms with Gasteiger partial charge in [0.25, 0.3) is 0 Å². The number of aromatic nitrogens is 4. The average molecular weight is 294 g/mol. The maximum absolute atomic E-state index is 4.31. The van der Waals surface area contributed by atoms with E-state index in [-0.39, 0.29) is 0 Å². The number of hydrogen-bond acceptors (Lipinski definition) is 4. The van der Waals surface area contributed by atoms with Gasteiger partial charge in [0.05, 0.1) is 5.39 Å². The van der Waals surface area contributed by atoms with Gasteiger partial charge in [-0.05, 0) is 28.8 Å². The Bertz CT molecular complexity index is 581. The second-order valence-electron chi connectivity index (χ2n) is 4.12. The van der Waals surface area contributed by atoms with Gasteiger partial charge in [-0.2, -0.15) is 5.10 Å². The molecule has 0 saturated carbocycles. The maximum Gasteiger partial charge on any atom is 0.164 e. The Labute approximate surface area is 107 Å². The largest absolute Gasteiger partial charge is 0.366 e. The molecule has 0 atom stereocenters. The Balaban J connectivity index is 2.03. The van der Waals surface area contributed by atoms with E-state index in [1.165, 1.54) is 0 Å². The molecule has 1 N–H and O–H groups in total. The molecule has 0 bridgehead atoms. The van der Waals surface area contributed by atoms with Crippen LogP contribution in [0.15, 0.2) is 23.1 Å². The number of nitrogens with zero attached hydrogens (tertiary/aromatic N) is 4. The van der Waals surface area contributed by atoms with E-state index in [1.54, 1.807) is 11.0 Å². The van der Waals surface area contributed by atoms with Crippen LogP contribution in [0.1, 0.15) is 12.8 Å². The molecule has 88 valence electrons. The lowest BCUT2D eigenvalue weighted by atomic mass is 10.2. The fourth-order valence-electron chi connectivity index (χ4n) is 2.08. The van der Waals surface area contributed by atoms with Crippen LogP contribution in [0.2, 0.25) is 0 Å². The van der Waals surface area contributed by atoms with Crippen molar-refractivity contribution >= 4 is 32.8 Å². The molecule has 6 heteroatoms. The van der Waals surface area contributed by atoms with Crippen LogP contribution < -0.4 is 5.32 Å². The van der Waals surface area contributed by atoms with Crippen LogP contribution in [-0.2, 0) is 7.05 Å². The lowest BCUT2D eigenvalue weighted by Crippen LogP contribution is -2.16. The van der Waals surface area contributed by atoms with Gasteiger partial charge >= 0.3 is 0 Å². The summed E-state index contributed by atoms with van der Waals surface area (Å²) in [6.07, 6.45) is 8.04. The molecular formula is C11H12BrN5. The summed E-state index contributed by atoms with van der Waals surface area (Å²) in [7, 11) is 1.88. The summed E-state index contributed by atoms with van der Waals surface area (Å²) in [5, 5.41) is 8.69. The van der Waals surface area contributed by atoms with E-state index in [4.69, 9.17) is 0 Å². The summed E-state index contributed by atoms with van der Waals surface area (Å²) in [5.41, 5.74) is 0.834. The van der Waals surface area contributed by atoms with Crippen molar-refractivity contribution in [3.63, 3.8) is 0 Å². The standard InChI is InChI=1S/C11H12BrN5/c1-17-11-8(9(12)16-17)10(13-6-14-11)15-7-4-2-3-5-7/h2-3,6-7H,4-5H2,1H3,(H,13,14,15).